The Bertz CT molecular complexity index is 2810. The van der Waals surface area contributed by atoms with E-state index in [0.29, 0.717) is 52.7 Å². The number of carbonyl (C=O) groups excluding carboxylic acids is 4. The largest absolute Gasteiger partial charge is 0.458 e. The topological polar surface area (TPSA) is 178 Å². The lowest BCUT2D eigenvalue weighted by Gasteiger charge is -2.31. The van der Waals surface area contributed by atoms with E-state index in [9.17, 15) is 29.1 Å². The van der Waals surface area contributed by atoms with Crippen molar-refractivity contribution < 1.29 is 42.9 Å². The molecule has 0 radical (unpaired) electrons. The number of carbonyl (C=O) groups is 4. The lowest BCUT2D eigenvalue weighted by atomic mass is 9.81. The molecule has 2 aromatic heterocycles. The first-order chi connectivity index (χ1) is 30.4. The summed E-state index contributed by atoms with van der Waals surface area (Å²) in [6.07, 6.45) is 1.01. The van der Waals surface area contributed by atoms with Crippen LogP contribution in [0.3, 0.4) is 0 Å². The van der Waals surface area contributed by atoms with E-state index in [1.54, 1.807) is 19.9 Å². The molecule has 324 valence electrons. The average Bonchev–Trinajstić information content (AvgIpc) is 3.95. The van der Waals surface area contributed by atoms with Crippen LogP contribution in [0, 0.1) is 18.7 Å². The number of rotatable bonds is 11. The van der Waals surface area contributed by atoms with Crippen LogP contribution in [0.2, 0.25) is 0 Å². The number of likely N-dealkylation sites (N-methyl/N-ethyl adjacent to an activating group) is 1. The van der Waals surface area contributed by atoms with Gasteiger partial charge in [-0.15, -0.1) is 0 Å². The van der Waals surface area contributed by atoms with Gasteiger partial charge in [0.15, 0.2) is 11.7 Å². The lowest BCUT2D eigenvalue weighted by molar-refractivity contribution is -0.172. The monoisotopic (exact) mass is 855 g/mol. The second-order valence-electron chi connectivity index (χ2n) is 17.3. The van der Waals surface area contributed by atoms with Gasteiger partial charge < -0.3 is 39.4 Å². The summed E-state index contributed by atoms with van der Waals surface area (Å²) in [5.74, 6) is -1.86. The molecule has 2 aliphatic heterocycles. The molecule has 1 unspecified atom stereocenters. The molecule has 63 heavy (non-hydrogen) atoms. The molecule has 1 saturated carbocycles. The quantitative estimate of drug-likeness (QED) is 0.108. The molecule has 10 rings (SSSR count). The Hall–Kier alpha value is -6.45. The zero-order valence-corrected chi connectivity index (χ0v) is 35.1. The molecule has 5 aliphatic rings. The van der Waals surface area contributed by atoms with Crippen molar-refractivity contribution in [3.05, 3.63) is 121 Å². The number of cyclic esters (lactones) is 1. The molecule has 0 spiro atoms. The van der Waals surface area contributed by atoms with Gasteiger partial charge in [-0.2, -0.15) is 0 Å². The number of amides is 3. The third-order valence-corrected chi connectivity index (χ3v) is 13.5. The van der Waals surface area contributed by atoms with E-state index in [1.807, 2.05) is 48.5 Å². The second kappa shape index (κ2) is 15.4. The van der Waals surface area contributed by atoms with Crippen LogP contribution in [0.15, 0.2) is 65.5 Å². The summed E-state index contributed by atoms with van der Waals surface area (Å²) in [4.78, 5) is 73.6. The van der Waals surface area contributed by atoms with Gasteiger partial charge in [-0.25, -0.2) is 19.0 Å². The minimum atomic E-state index is -2.02. The van der Waals surface area contributed by atoms with Crippen LogP contribution in [-0.2, 0) is 53.8 Å². The number of aryl methyl sites for hydroxylation is 1. The molecule has 0 bridgehead atoms. The molecular weight excluding hydrogens is 810 g/mol. The Balaban J connectivity index is 0.860. The van der Waals surface area contributed by atoms with E-state index in [0.717, 1.165) is 46.2 Å². The zero-order valence-electron chi connectivity index (χ0n) is 35.1. The third-order valence-electron chi connectivity index (χ3n) is 13.5. The maximum absolute atomic E-state index is 15.5. The molecule has 3 atom stereocenters. The summed E-state index contributed by atoms with van der Waals surface area (Å²) in [6.45, 7) is 2.59. The van der Waals surface area contributed by atoms with Crippen LogP contribution in [0.4, 0.5) is 9.18 Å². The molecule has 0 saturated heterocycles. The Kier molecular flexibility index (Phi) is 9.94. The number of hydrogen-bond donors (Lipinski definition) is 3. The fraction of sp³-hybridized carbons (Fsp3) is 0.375. The number of aromatic nitrogens is 2. The third kappa shape index (κ3) is 6.76. The predicted molar refractivity (Wildman–Crippen MR) is 226 cm³/mol. The Morgan fingerprint density at radius 2 is 1.75 bits per heavy atom. The first-order valence-electron chi connectivity index (χ1n) is 21.5. The van der Waals surface area contributed by atoms with E-state index < -0.39 is 53.2 Å². The highest BCUT2D eigenvalue weighted by Crippen LogP contribution is 2.47. The second-order valence-corrected chi connectivity index (χ2v) is 17.3. The number of benzene rings is 3. The van der Waals surface area contributed by atoms with Gasteiger partial charge in [-0.1, -0.05) is 68.3 Å². The van der Waals surface area contributed by atoms with Crippen molar-refractivity contribution >= 4 is 34.8 Å². The van der Waals surface area contributed by atoms with Gasteiger partial charge in [0.05, 0.1) is 35.1 Å². The molecule has 14 nitrogen and oxygen atoms in total. The molecule has 4 heterocycles. The number of nitrogens with zero attached hydrogens (tertiary/aromatic N) is 3. The fourth-order valence-electron chi connectivity index (χ4n) is 9.86. The van der Waals surface area contributed by atoms with Gasteiger partial charge in [0.25, 0.3) is 5.56 Å². The van der Waals surface area contributed by atoms with Crippen LogP contribution in [0.25, 0.3) is 33.4 Å². The maximum atomic E-state index is 15.5. The summed E-state index contributed by atoms with van der Waals surface area (Å²) >= 11 is 0. The van der Waals surface area contributed by atoms with E-state index in [1.165, 1.54) is 22.6 Å². The first-order valence-corrected chi connectivity index (χ1v) is 21.5. The van der Waals surface area contributed by atoms with E-state index in [2.05, 4.69) is 10.6 Å². The highest BCUT2D eigenvalue weighted by atomic mass is 19.1. The van der Waals surface area contributed by atoms with Crippen LogP contribution in [-0.4, -0.2) is 69.9 Å². The van der Waals surface area contributed by atoms with E-state index >= 15 is 4.39 Å². The summed E-state index contributed by atoms with van der Waals surface area (Å²) in [5, 5.41) is 18.0. The highest BCUT2D eigenvalue weighted by molar-refractivity contribution is 5.94. The number of hydrogen-bond acceptors (Lipinski definition) is 10. The normalized spacial score (nSPS) is 19.6. The molecule has 15 heteroatoms. The summed E-state index contributed by atoms with van der Waals surface area (Å²) in [6, 6.07) is 17.9. The number of halogens is 1. The Morgan fingerprint density at radius 1 is 1.03 bits per heavy atom. The molecule has 3 amide bonds. The van der Waals surface area contributed by atoms with Gasteiger partial charge in [0.2, 0.25) is 11.8 Å². The van der Waals surface area contributed by atoms with Crippen LogP contribution in [0.1, 0.15) is 95.7 Å². The minimum absolute atomic E-state index is 0.0154. The molecule has 3 aliphatic carbocycles. The first kappa shape index (κ1) is 40.6. The fourth-order valence-corrected chi connectivity index (χ4v) is 9.86. The average molecular weight is 856 g/mol. The van der Waals surface area contributed by atoms with Crippen molar-refractivity contribution in [2.45, 2.75) is 89.4 Å². The van der Waals surface area contributed by atoms with Gasteiger partial charge in [0, 0.05) is 40.8 Å². The number of pyridine rings is 2. The van der Waals surface area contributed by atoms with Gasteiger partial charge in [-0.05, 0) is 72.4 Å². The molecule has 1 fully saturated rings. The van der Waals surface area contributed by atoms with Crippen LogP contribution in [0.5, 0.6) is 0 Å². The van der Waals surface area contributed by atoms with Gasteiger partial charge in [0.1, 0.15) is 31.8 Å². The highest BCUT2D eigenvalue weighted by Gasteiger charge is 2.46. The van der Waals surface area contributed by atoms with Crippen molar-refractivity contribution in [3.63, 3.8) is 0 Å². The standard InChI is InChI=1S/C48H46FN5O9/c1-4-48(60)33-18-37-42-31(20-54(37)45(57)32(33)22-61-46(48)58)41-35(16-15-26-24(2)34(49)19-36(51-42)40(26)41)52-44(56)38(17-25-13-14-25)62-23-50-39(55)21-53(3)47(59)63-43-29-11-7-5-9-27(29)28-10-6-8-12-30(28)43/h5-12,18-19,25,35,38,43,60H,4,13-17,20-23H2,1-3H3,(H,50,55)(H,52,56)/t35-,38?,48-/m0/s1. The van der Waals surface area contributed by atoms with Crippen molar-refractivity contribution in [2.24, 2.45) is 5.92 Å². The van der Waals surface area contributed by atoms with Crippen molar-refractivity contribution in [1.82, 2.24) is 25.1 Å². The molecule has 5 aromatic rings. The maximum Gasteiger partial charge on any atom is 0.410 e. The number of nitrogens with one attached hydrogen (secondary N) is 2. The Labute approximate surface area is 361 Å². The van der Waals surface area contributed by atoms with E-state index in [4.69, 9.17) is 19.2 Å². The number of esters is 1. The molecule has 3 N–H and O–H groups in total. The van der Waals surface area contributed by atoms with E-state index in [-0.39, 0.29) is 55.8 Å². The predicted octanol–water partition coefficient (Wildman–Crippen LogP) is 5.73. The van der Waals surface area contributed by atoms with Crippen molar-refractivity contribution in [1.29, 1.82) is 0 Å². The summed E-state index contributed by atoms with van der Waals surface area (Å²) in [5.41, 5.74) is 5.47. The molecule has 3 aromatic carbocycles. The lowest BCUT2D eigenvalue weighted by Crippen LogP contribution is -2.44. The number of fused-ring (bicyclic) bond motifs is 8. The summed E-state index contributed by atoms with van der Waals surface area (Å²) < 4.78 is 34.2. The Morgan fingerprint density at radius 3 is 2.44 bits per heavy atom. The van der Waals surface area contributed by atoms with Crippen molar-refractivity contribution in [2.75, 3.05) is 20.3 Å². The number of ether oxygens (including phenoxy) is 3. The molecular formula is C48H46FN5O9. The zero-order chi connectivity index (χ0) is 43.9. The smallest absolute Gasteiger partial charge is 0.410 e. The summed E-state index contributed by atoms with van der Waals surface area (Å²) in [7, 11) is 1.48. The van der Waals surface area contributed by atoms with Crippen LogP contribution < -0.4 is 16.2 Å². The van der Waals surface area contributed by atoms with Crippen LogP contribution >= 0.6 is 0 Å². The minimum Gasteiger partial charge on any atom is -0.458 e. The van der Waals surface area contributed by atoms with Gasteiger partial charge in [-0.3, -0.25) is 14.4 Å². The SMILES string of the molecule is CC[C@@]1(O)C(=O)OCc2c1cc1n(c2=O)Cc2c-1nc1cc(F)c(C)c3c1c2[C@@H](NC(=O)C(CC1CC1)OCNC(=O)CN(C)C(=O)OC1c2ccccc2-c2ccccc21)CC3. The number of aliphatic hydroxyl groups is 1. The van der Waals surface area contributed by atoms with Gasteiger partial charge >= 0.3 is 12.1 Å². The van der Waals surface area contributed by atoms with Crippen molar-refractivity contribution in [3.8, 4) is 22.5 Å².